The molecule has 0 spiro atoms. The monoisotopic (exact) mass is 460 g/mol. The number of methoxy groups -OCH3 is 1. The van der Waals surface area contributed by atoms with Gasteiger partial charge in [0.2, 0.25) is 0 Å². The van der Waals surface area contributed by atoms with Crippen LogP contribution < -0.4 is 14.8 Å². The standard InChI is InChI=1S/C27H25ClN2O3/c1-17-5-8-20(9-6-17)16-33-26-24(28)13-21(14-25(26)32-4)12-22(15-29)27(31)30-23-10-7-18(2)19(3)11-23/h5-14H,16H2,1-4H3,(H,30,31)/b22-12+. The highest BCUT2D eigenvalue weighted by Gasteiger charge is 2.15. The molecule has 1 N–H and O–H groups in total. The van der Waals surface area contributed by atoms with Crippen LogP contribution in [0.25, 0.3) is 6.08 Å². The van der Waals surface area contributed by atoms with Crippen LogP contribution in [0.1, 0.15) is 27.8 Å². The quantitative estimate of drug-likeness (QED) is 0.327. The number of nitrogens with one attached hydrogen (secondary N) is 1. The van der Waals surface area contributed by atoms with Gasteiger partial charge in [0.15, 0.2) is 11.5 Å². The largest absolute Gasteiger partial charge is 0.493 e. The molecule has 0 aliphatic carbocycles. The number of carbonyl (C=O) groups excluding carboxylic acids is 1. The van der Waals surface area contributed by atoms with Crippen molar-refractivity contribution in [3.05, 3.63) is 93.0 Å². The van der Waals surface area contributed by atoms with Gasteiger partial charge in [-0.3, -0.25) is 4.79 Å². The Morgan fingerprint density at radius 1 is 1.06 bits per heavy atom. The molecule has 0 aliphatic rings. The maximum atomic E-state index is 12.6. The van der Waals surface area contributed by atoms with Gasteiger partial charge < -0.3 is 14.8 Å². The first-order chi connectivity index (χ1) is 15.8. The van der Waals surface area contributed by atoms with E-state index >= 15 is 0 Å². The molecule has 0 saturated heterocycles. The van der Waals surface area contributed by atoms with Gasteiger partial charge in [0, 0.05) is 5.69 Å². The number of nitrogens with zero attached hydrogens (tertiary/aromatic N) is 1. The Balaban J connectivity index is 1.81. The zero-order valence-corrected chi connectivity index (χ0v) is 19.8. The van der Waals surface area contributed by atoms with E-state index in [4.69, 9.17) is 21.1 Å². The summed E-state index contributed by atoms with van der Waals surface area (Å²) in [5.74, 6) is 0.304. The predicted molar refractivity (Wildman–Crippen MR) is 132 cm³/mol. The van der Waals surface area contributed by atoms with E-state index in [2.05, 4.69) is 5.32 Å². The number of hydrogen-bond donors (Lipinski definition) is 1. The molecule has 3 aromatic carbocycles. The molecule has 0 aliphatic heterocycles. The number of carbonyl (C=O) groups is 1. The van der Waals surface area contributed by atoms with Crippen molar-refractivity contribution in [3.63, 3.8) is 0 Å². The summed E-state index contributed by atoms with van der Waals surface area (Å²) in [6.07, 6.45) is 1.47. The fourth-order valence-corrected chi connectivity index (χ4v) is 3.41. The number of amides is 1. The van der Waals surface area contributed by atoms with Gasteiger partial charge in [-0.15, -0.1) is 0 Å². The van der Waals surface area contributed by atoms with Crippen LogP contribution in [0.3, 0.4) is 0 Å². The number of benzene rings is 3. The second kappa shape index (κ2) is 10.7. The van der Waals surface area contributed by atoms with Gasteiger partial charge in [0.25, 0.3) is 5.91 Å². The van der Waals surface area contributed by atoms with Crippen LogP contribution in [0, 0.1) is 32.1 Å². The molecule has 168 valence electrons. The fraction of sp³-hybridized carbons (Fsp3) is 0.185. The Hall–Kier alpha value is -3.75. The smallest absolute Gasteiger partial charge is 0.266 e. The molecule has 0 saturated carbocycles. The zero-order chi connectivity index (χ0) is 24.0. The summed E-state index contributed by atoms with van der Waals surface area (Å²) in [5.41, 5.74) is 5.45. The van der Waals surface area contributed by atoms with Crippen molar-refractivity contribution < 1.29 is 14.3 Å². The Morgan fingerprint density at radius 2 is 1.79 bits per heavy atom. The van der Waals surface area contributed by atoms with Crippen molar-refractivity contribution in [2.75, 3.05) is 12.4 Å². The second-order valence-corrected chi connectivity index (χ2v) is 8.14. The van der Waals surface area contributed by atoms with Gasteiger partial charge in [-0.25, -0.2) is 0 Å². The van der Waals surface area contributed by atoms with Gasteiger partial charge in [0.1, 0.15) is 18.2 Å². The third kappa shape index (κ3) is 6.15. The minimum absolute atomic E-state index is 0.0559. The van der Waals surface area contributed by atoms with Crippen LogP contribution >= 0.6 is 11.6 Å². The lowest BCUT2D eigenvalue weighted by Crippen LogP contribution is -2.13. The first-order valence-corrected chi connectivity index (χ1v) is 10.7. The summed E-state index contributed by atoms with van der Waals surface area (Å²) < 4.78 is 11.3. The molecule has 1 amide bonds. The zero-order valence-electron chi connectivity index (χ0n) is 19.0. The molecule has 3 aromatic rings. The minimum atomic E-state index is -0.504. The normalized spacial score (nSPS) is 11.0. The van der Waals surface area contributed by atoms with E-state index in [1.165, 1.54) is 18.7 Å². The summed E-state index contributed by atoms with van der Waals surface area (Å²) in [6.45, 7) is 6.30. The lowest BCUT2D eigenvalue weighted by Gasteiger charge is -2.14. The minimum Gasteiger partial charge on any atom is -0.493 e. The molecule has 0 heterocycles. The SMILES string of the molecule is COc1cc(/C=C(\C#N)C(=O)Nc2ccc(C)c(C)c2)cc(Cl)c1OCc1ccc(C)cc1. The molecule has 33 heavy (non-hydrogen) atoms. The summed E-state index contributed by atoms with van der Waals surface area (Å²) in [7, 11) is 1.51. The average Bonchev–Trinajstić information content (AvgIpc) is 2.79. The molecule has 3 rings (SSSR count). The first-order valence-electron chi connectivity index (χ1n) is 10.4. The lowest BCUT2D eigenvalue weighted by molar-refractivity contribution is -0.112. The Morgan fingerprint density at radius 3 is 2.42 bits per heavy atom. The number of ether oxygens (including phenoxy) is 2. The summed E-state index contributed by atoms with van der Waals surface area (Å²) in [5, 5.41) is 12.6. The lowest BCUT2D eigenvalue weighted by atomic mass is 10.1. The van der Waals surface area contributed by atoms with Crippen LogP contribution in [0.2, 0.25) is 5.02 Å². The van der Waals surface area contributed by atoms with Crippen LogP contribution in [0.4, 0.5) is 5.69 Å². The Kier molecular flexibility index (Phi) is 7.76. The Bertz CT molecular complexity index is 1240. The maximum Gasteiger partial charge on any atom is 0.266 e. The van der Waals surface area contributed by atoms with Gasteiger partial charge in [0.05, 0.1) is 12.1 Å². The summed E-state index contributed by atoms with van der Waals surface area (Å²) >= 11 is 6.46. The molecule has 0 bridgehead atoms. The van der Waals surface area contributed by atoms with Gasteiger partial charge in [-0.1, -0.05) is 47.5 Å². The molecule has 6 heteroatoms. The first kappa shape index (κ1) is 23.9. The number of halogens is 1. The van der Waals surface area contributed by atoms with Crippen LogP contribution in [0.15, 0.2) is 60.2 Å². The van der Waals surface area contributed by atoms with E-state index in [1.54, 1.807) is 18.2 Å². The molecule has 0 aromatic heterocycles. The van der Waals surface area contributed by atoms with Gasteiger partial charge in [-0.2, -0.15) is 5.26 Å². The number of nitriles is 1. The van der Waals surface area contributed by atoms with E-state index in [1.807, 2.05) is 63.2 Å². The number of hydrogen-bond acceptors (Lipinski definition) is 4. The molecular formula is C27H25ClN2O3. The molecular weight excluding hydrogens is 436 g/mol. The average molecular weight is 461 g/mol. The second-order valence-electron chi connectivity index (χ2n) is 7.73. The van der Waals surface area contributed by atoms with Gasteiger partial charge in [-0.05, 0) is 73.4 Å². The topological polar surface area (TPSA) is 71.3 Å². The maximum absolute atomic E-state index is 12.6. The molecule has 0 atom stereocenters. The molecule has 5 nitrogen and oxygen atoms in total. The van der Waals surface area contributed by atoms with E-state index < -0.39 is 5.91 Å². The highest BCUT2D eigenvalue weighted by molar-refractivity contribution is 6.32. The number of anilines is 1. The van der Waals surface area contributed by atoms with Crippen molar-refractivity contribution in [1.82, 2.24) is 0 Å². The van der Waals surface area contributed by atoms with Crippen LogP contribution in [0.5, 0.6) is 11.5 Å². The number of aryl methyl sites for hydroxylation is 3. The predicted octanol–water partition coefficient (Wildman–Crippen LogP) is 6.40. The van der Waals surface area contributed by atoms with E-state index in [0.717, 1.165) is 16.7 Å². The van der Waals surface area contributed by atoms with Gasteiger partial charge >= 0.3 is 0 Å². The molecule has 0 fully saturated rings. The fourth-order valence-electron chi connectivity index (χ4n) is 3.14. The van der Waals surface area contributed by atoms with Crippen molar-refractivity contribution in [3.8, 4) is 17.6 Å². The van der Waals surface area contributed by atoms with Crippen molar-refractivity contribution >= 4 is 29.3 Å². The van der Waals surface area contributed by atoms with E-state index in [9.17, 15) is 10.1 Å². The third-order valence-electron chi connectivity index (χ3n) is 5.20. The summed E-state index contributed by atoms with van der Waals surface area (Å²) in [6, 6.07) is 18.8. The molecule has 0 radical (unpaired) electrons. The number of rotatable bonds is 7. The van der Waals surface area contributed by atoms with Crippen molar-refractivity contribution in [2.45, 2.75) is 27.4 Å². The van der Waals surface area contributed by atoms with Crippen molar-refractivity contribution in [1.29, 1.82) is 5.26 Å². The highest BCUT2D eigenvalue weighted by Crippen LogP contribution is 2.37. The molecule has 0 unspecified atom stereocenters. The van der Waals surface area contributed by atoms with Crippen LogP contribution in [-0.4, -0.2) is 13.0 Å². The van der Waals surface area contributed by atoms with E-state index in [0.29, 0.717) is 34.4 Å². The highest BCUT2D eigenvalue weighted by atomic mass is 35.5. The van der Waals surface area contributed by atoms with Crippen molar-refractivity contribution in [2.24, 2.45) is 0 Å². The van der Waals surface area contributed by atoms with E-state index in [-0.39, 0.29) is 5.57 Å². The van der Waals surface area contributed by atoms with Crippen LogP contribution in [-0.2, 0) is 11.4 Å². The summed E-state index contributed by atoms with van der Waals surface area (Å²) in [4.78, 5) is 12.6. The third-order valence-corrected chi connectivity index (χ3v) is 5.48. The Labute approximate surface area is 199 Å².